The summed E-state index contributed by atoms with van der Waals surface area (Å²) in [6.45, 7) is 1.96. The minimum Gasteiger partial charge on any atom is -0.256 e. The van der Waals surface area contributed by atoms with Crippen molar-refractivity contribution in [2.75, 3.05) is 6.26 Å². The van der Waals surface area contributed by atoms with E-state index in [0.29, 0.717) is 11.2 Å². The van der Waals surface area contributed by atoms with E-state index < -0.39 is 0 Å². The number of nitrogens with zero attached hydrogens (tertiary/aromatic N) is 5. The maximum atomic E-state index is 9.10. The molecule has 6 heteroatoms. The Morgan fingerprint density at radius 1 is 1.35 bits per heavy atom. The van der Waals surface area contributed by atoms with Gasteiger partial charge in [0.15, 0.2) is 5.65 Å². The summed E-state index contributed by atoms with van der Waals surface area (Å²) < 4.78 is 1.70. The molecule has 5 nitrogen and oxygen atoms in total. The van der Waals surface area contributed by atoms with Crippen molar-refractivity contribution in [3.63, 3.8) is 0 Å². The Balaban J connectivity index is 2.38. The van der Waals surface area contributed by atoms with Crippen LogP contribution >= 0.6 is 11.8 Å². The first-order chi connectivity index (χ1) is 9.76. The Kier molecular flexibility index (Phi) is 3.12. The number of aromatic nitrogens is 4. The highest BCUT2D eigenvalue weighted by molar-refractivity contribution is 7.98. The number of aryl methyl sites for hydroxylation is 1. The molecule has 0 N–H and O–H groups in total. The normalized spacial score (nSPS) is 10.7. The van der Waals surface area contributed by atoms with Crippen LogP contribution < -0.4 is 0 Å². The van der Waals surface area contributed by atoms with Crippen molar-refractivity contribution in [3.05, 3.63) is 41.9 Å². The molecule has 3 rings (SSSR count). The van der Waals surface area contributed by atoms with Gasteiger partial charge in [-0.2, -0.15) is 10.4 Å². The minimum absolute atomic E-state index is 0.482. The van der Waals surface area contributed by atoms with Gasteiger partial charge in [0, 0.05) is 6.20 Å². The number of hydrogen-bond donors (Lipinski definition) is 0. The Labute approximate surface area is 120 Å². The molecule has 0 aliphatic rings. The Bertz CT molecular complexity index is 817. The average molecular weight is 281 g/mol. The molecular weight excluding hydrogens is 270 g/mol. The molecular formula is C14H11N5S. The van der Waals surface area contributed by atoms with E-state index in [4.69, 9.17) is 5.26 Å². The topological polar surface area (TPSA) is 66.9 Å². The first-order valence-corrected chi connectivity index (χ1v) is 7.22. The third-order valence-corrected chi connectivity index (χ3v) is 3.76. The van der Waals surface area contributed by atoms with Crippen LogP contribution in [-0.4, -0.2) is 25.8 Å². The van der Waals surface area contributed by atoms with Gasteiger partial charge in [0.1, 0.15) is 16.7 Å². The quantitative estimate of drug-likeness (QED) is 0.533. The maximum Gasteiger partial charge on any atom is 0.174 e. The van der Waals surface area contributed by atoms with E-state index in [-0.39, 0.29) is 0 Å². The van der Waals surface area contributed by atoms with Gasteiger partial charge in [0.25, 0.3) is 0 Å². The molecule has 3 aromatic rings. The van der Waals surface area contributed by atoms with E-state index >= 15 is 0 Å². The fourth-order valence-corrected chi connectivity index (χ4v) is 2.77. The highest BCUT2D eigenvalue weighted by Crippen LogP contribution is 2.31. The van der Waals surface area contributed by atoms with E-state index in [1.807, 2.05) is 31.4 Å². The van der Waals surface area contributed by atoms with E-state index in [1.165, 1.54) is 0 Å². The number of hydrogen-bond acceptors (Lipinski definition) is 5. The molecule has 0 bridgehead atoms. The second-order valence-corrected chi connectivity index (χ2v) is 5.00. The molecule has 0 spiro atoms. The second-order valence-electron chi connectivity index (χ2n) is 4.20. The number of pyridine rings is 1. The molecule has 0 aromatic carbocycles. The molecule has 3 aromatic heterocycles. The van der Waals surface area contributed by atoms with Crippen LogP contribution in [0.2, 0.25) is 0 Å². The molecule has 0 fully saturated rings. The highest BCUT2D eigenvalue weighted by Gasteiger charge is 2.17. The summed E-state index contributed by atoms with van der Waals surface area (Å²) in [4.78, 5) is 8.96. The van der Waals surface area contributed by atoms with Crippen molar-refractivity contribution >= 4 is 17.4 Å². The first-order valence-electron chi connectivity index (χ1n) is 6.00. The van der Waals surface area contributed by atoms with Crippen LogP contribution in [0.4, 0.5) is 0 Å². The largest absolute Gasteiger partial charge is 0.256 e. The molecule has 98 valence electrons. The Morgan fingerprint density at radius 2 is 2.20 bits per heavy atom. The van der Waals surface area contributed by atoms with Gasteiger partial charge in [-0.25, -0.2) is 9.50 Å². The molecule has 0 unspecified atom stereocenters. The lowest BCUT2D eigenvalue weighted by molar-refractivity contribution is 0.874. The van der Waals surface area contributed by atoms with Crippen LogP contribution in [-0.2, 0) is 0 Å². The van der Waals surface area contributed by atoms with Gasteiger partial charge in [-0.1, -0.05) is 6.07 Å². The first kappa shape index (κ1) is 12.6. The minimum atomic E-state index is 0.482. The van der Waals surface area contributed by atoms with Gasteiger partial charge in [-0.3, -0.25) is 4.98 Å². The summed E-state index contributed by atoms with van der Waals surface area (Å²) >= 11 is 1.54. The van der Waals surface area contributed by atoms with Crippen molar-refractivity contribution in [2.45, 2.75) is 11.9 Å². The summed E-state index contributed by atoms with van der Waals surface area (Å²) in [7, 11) is 0. The average Bonchev–Trinajstić information content (AvgIpc) is 2.91. The molecule has 0 atom stereocenters. The molecule has 3 heterocycles. The van der Waals surface area contributed by atoms with Crippen molar-refractivity contribution in [1.29, 1.82) is 5.26 Å². The fraction of sp³-hybridized carbons (Fsp3) is 0.143. The SMILES string of the molecule is CSc1nc2c(C#N)cnn2c(C)c1-c1ccccn1. The predicted octanol–water partition coefficient (Wildman–Crippen LogP) is 2.69. The van der Waals surface area contributed by atoms with Gasteiger partial charge in [-0.15, -0.1) is 11.8 Å². The van der Waals surface area contributed by atoms with Crippen molar-refractivity contribution in [3.8, 4) is 17.3 Å². The zero-order valence-corrected chi connectivity index (χ0v) is 11.8. The van der Waals surface area contributed by atoms with Gasteiger partial charge in [0.05, 0.1) is 23.1 Å². The third-order valence-electron chi connectivity index (χ3n) is 3.08. The molecule has 20 heavy (non-hydrogen) atoms. The Morgan fingerprint density at radius 3 is 2.85 bits per heavy atom. The van der Waals surface area contributed by atoms with Crippen molar-refractivity contribution in [1.82, 2.24) is 19.6 Å². The fourth-order valence-electron chi connectivity index (χ4n) is 2.14. The number of nitriles is 1. The number of fused-ring (bicyclic) bond motifs is 1. The predicted molar refractivity (Wildman–Crippen MR) is 77.5 cm³/mol. The van der Waals surface area contributed by atoms with Crippen LogP contribution in [0.5, 0.6) is 0 Å². The van der Waals surface area contributed by atoms with E-state index in [9.17, 15) is 0 Å². The van der Waals surface area contributed by atoms with Gasteiger partial charge >= 0.3 is 0 Å². The van der Waals surface area contributed by atoms with Gasteiger partial charge in [-0.05, 0) is 25.3 Å². The standard InChI is InChI=1S/C14H11N5S/c1-9-12(11-5-3-4-6-16-11)14(20-2)18-13-10(7-15)8-17-19(9)13/h3-6,8H,1-2H3. The number of thioether (sulfide) groups is 1. The lowest BCUT2D eigenvalue weighted by atomic mass is 10.1. The van der Waals surface area contributed by atoms with Crippen LogP contribution in [0.3, 0.4) is 0 Å². The van der Waals surface area contributed by atoms with Gasteiger partial charge < -0.3 is 0 Å². The zero-order valence-electron chi connectivity index (χ0n) is 11.0. The van der Waals surface area contributed by atoms with E-state index in [2.05, 4.69) is 21.1 Å². The summed E-state index contributed by atoms with van der Waals surface area (Å²) in [5.74, 6) is 0. The van der Waals surface area contributed by atoms with Crippen molar-refractivity contribution in [2.24, 2.45) is 0 Å². The lowest BCUT2D eigenvalue weighted by Gasteiger charge is -2.11. The van der Waals surface area contributed by atoms with E-state index in [0.717, 1.165) is 22.0 Å². The molecule has 0 aliphatic heterocycles. The third kappa shape index (κ3) is 1.84. The molecule has 0 aliphatic carbocycles. The molecule has 0 saturated heterocycles. The van der Waals surface area contributed by atoms with Crippen LogP contribution in [0.15, 0.2) is 35.6 Å². The summed E-state index contributed by atoms with van der Waals surface area (Å²) in [5.41, 5.74) is 3.82. The molecule has 0 saturated carbocycles. The summed E-state index contributed by atoms with van der Waals surface area (Å²) in [6.07, 6.45) is 5.27. The molecule has 0 radical (unpaired) electrons. The van der Waals surface area contributed by atoms with E-state index in [1.54, 1.807) is 28.7 Å². The zero-order chi connectivity index (χ0) is 14.1. The summed E-state index contributed by atoms with van der Waals surface area (Å²) in [6, 6.07) is 7.89. The lowest BCUT2D eigenvalue weighted by Crippen LogP contribution is -2.02. The number of rotatable bonds is 2. The molecule has 0 amide bonds. The second kappa shape index (κ2) is 4.94. The summed E-state index contributed by atoms with van der Waals surface area (Å²) in [5, 5.41) is 14.2. The highest BCUT2D eigenvalue weighted by atomic mass is 32.2. The van der Waals surface area contributed by atoms with Crippen LogP contribution in [0.25, 0.3) is 16.9 Å². The van der Waals surface area contributed by atoms with Crippen molar-refractivity contribution < 1.29 is 0 Å². The van der Waals surface area contributed by atoms with Crippen LogP contribution in [0.1, 0.15) is 11.3 Å². The van der Waals surface area contributed by atoms with Crippen LogP contribution in [0, 0.1) is 18.3 Å². The smallest absolute Gasteiger partial charge is 0.174 e. The maximum absolute atomic E-state index is 9.10. The monoisotopic (exact) mass is 281 g/mol. The Hall–Kier alpha value is -2.39. The van der Waals surface area contributed by atoms with Gasteiger partial charge in [0.2, 0.25) is 0 Å².